The van der Waals surface area contributed by atoms with E-state index in [2.05, 4.69) is 10.2 Å². The molecule has 1 atom stereocenters. The lowest BCUT2D eigenvalue weighted by molar-refractivity contribution is 0.0493. The van der Waals surface area contributed by atoms with Gasteiger partial charge in [-0.05, 0) is 109 Å². The van der Waals surface area contributed by atoms with Gasteiger partial charge in [0, 0.05) is 0 Å². The lowest BCUT2D eigenvalue weighted by atomic mass is 10.0. The zero-order valence-corrected chi connectivity index (χ0v) is 22.5. The SMILES string of the molecule is CC(C)(C)OC(=O)N[C@H](c1nc2c(F)ccc(CCCN3CCCC3)c2c(=O)n1-c1ccccc1)C1CC1. The molecule has 7 nitrogen and oxygen atoms in total. The zero-order chi connectivity index (χ0) is 26.9. The van der Waals surface area contributed by atoms with Gasteiger partial charge in [-0.25, -0.2) is 14.2 Å². The van der Waals surface area contributed by atoms with Crippen LogP contribution in [0, 0.1) is 11.7 Å². The molecule has 2 aromatic carbocycles. The van der Waals surface area contributed by atoms with Gasteiger partial charge in [-0.3, -0.25) is 9.36 Å². The van der Waals surface area contributed by atoms with E-state index in [1.54, 1.807) is 31.4 Å². The molecule has 1 aliphatic heterocycles. The van der Waals surface area contributed by atoms with E-state index in [1.807, 2.05) is 30.3 Å². The molecule has 0 radical (unpaired) electrons. The normalized spacial score (nSPS) is 17.1. The van der Waals surface area contributed by atoms with Crippen LogP contribution in [0.15, 0.2) is 47.3 Å². The first-order chi connectivity index (χ1) is 18.2. The summed E-state index contributed by atoms with van der Waals surface area (Å²) in [6.45, 7) is 8.58. The fraction of sp³-hybridized carbons (Fsp3) is 0.500. The van der Waals surface area contributed by atoms with Crippen molar-refractivity contribution in [1.29, 1.82) is 0 Å². The second-order valence-corrected chi connectivity index (χ2v) is 11.5. The topological polar surface area (TPSA) is 76.5 Å². The predicted molar refractivity (Wildman–Crippen MR) is 146 cm³/mol. The predicted octanol–water partition coefficient (Wildman–Crippen LogP) is 5.53. The Balaban J connectivity index is 1.60. The summed E-state index contributed by atoms with van der Waals surface area (Å²) in [5.74, 6) is -0.114. The number of fused-ring (bicyclic) bond motifs is 1. The molecule has 1 aliphatic carbocycles. The van der Waals surface area contributed by atoms with Crippen LogP contribution in [0.4, 0.5) is 9.18 Å². The van der Waals surface area contributed by atoms with E-state index in [0.29, 0.717) is 23.3 Å². The van der Waals surface area contributed by atoms with Gasteiger partial charge >= 0.3 is 6.09 Å². The molecule has 8 heteroatoms. The van der Waals surface area contributed by atoms with Crippen LogP contribution in [0.3, 0.4) is 0 Å². The third-order valence-corrected chi connectivity index (χ3v) is 7.26. The molecule has 1 saturated heterocycles. The highest BCUT2D eigenvalue weighted by Crippen LogP contribution is 2.41. The fourth-order valence-corrected chi connectivity index (χ4v) is 5.34. The molecule has 0 spiro atoms. The van der Waals surface area contributed by atoms with Crippen LogP contribution in [0.1, 0.15) is 70.3 Å². The summed E-state index contributed by atoms with van der Waals surface area (Å²) in [5.41, 5.74) is 0.503. The van der Waals surface area contributed by atoms with Gasteiger partial charge in [0.1, 0.15) is 22.8 Å². The number of benzene rings is 2. The van der Waals surface area contributed by atoms with E-state index in [1.165, 1.54) is 18.9 Å². The van der Waals surface area contributed by atoms with Crippen molar-refractivity contribution in [3.05, 3.63) is 70.0 Å². The lowest BCUT2D eigenvalue weighted by Crippen LogP contribution is -2.39. The number of hydrogen-bond donors (Lipinski definition) is 1. The van der Waals surface area contributed by atoms with E-state index >= 15 is 4.39 Å². The maximum Gasteiger partial charge on any atom is 0.408 e. The number of likely N-dealkylation sites (tertiary alicyclic amines) is 1. The van der Waals surface area contributed by atoms with Crippen molar-refractivity contribution in [1.82, 2.24) is 19.8 Å². The highest BCUT2D eigenvalue weighted by atomic mass is 19.1. The van der Waals surface area contributed by atoms with Gasteiger partial charge in [0.05, 0.1) is 17.1 Å². The molecule has 2 fully saturated rings. The van der Waals surface area contributed by atoms with Gasteiger partial charge in [-0.2, -0.15) is 0 Å². The van der Waals surface area contributed by atoms with Crippen LogP contribution in [0.25, 0.3) is 16.6 Å². The van der Waals surface area contributed by atoms with E-state index in [4.69, 9.17) is 9.72 Å². The number of rotatable bonds is 8. The molecule has 0 bridgehead atoms. The summed E-state index contributed by atoms with van der Waals surface area (Å²) < 4.78 is 22.3. The number of aryl methyl sites for hydroxylation is 1. The van der Waals surface area contributed by atoms with Gasteiger partial charge in [0.25, 0.3) is 5.56 Å². The van der Waals surface area contributed by atoms with Crippen molar-refractivity contribution in [2.75, 3.05) is 19.6 Å². The standard InChI is InChI=1S/C30H37FN4O3/c1-30(2,3)38-29(37)33-25(21-13-14-21)27-32-26-23(31)16-15-20(10-9-19-34-17-7-8-18-34)24(26)28(36)35(27)22-11-5-4-6-12-22/h4-6,11-12,15-16,21,25H,7-10,13-14,17-19H2,1-3H3,(H,33,37)/t25-/m0/s1. The third-order valence-electron chi connectivity index (χ3n) is 7.26. The van der Waals surface area contributed by atoms with Crippen molar-refractivity contribution in [2.45, 2.75) is 70.9 Å². The molecule has 1 N–H and O–H groups in total. The maximum atomic E-state index is 15.3. The van der Waals surface area contributed by atoms with Gasteiger partial charge in [0.2, 0.25) is 0 Å². The Hall–Kier alpha value is -3.26. The van der Waals surface area contributed by atoms with Crippen LogP contribution >= 0.6 is 0 Å². The fourth-order valence-electron chi connectivity index (χ4n) is 5.34. The largest absolute Gasteiger partial charge is 0.444 e. The van der Waals surface area contributed by atoms with Crippen LogP contribution in [0.5, 0.6) is 0 Å². The summed E-state index contributed by atoms with van der Waals surface area (Å²) in [4.78, 5) is 34.2. The van der Waals surface area contributed by atoms with Crippen LogP contribution in [-0.2, 0) is 11.2 Å². The van der Waals surface area contributed by atoms with Crippen LogP contribution in [-0.4, -0.2) is 45.8 Å². The molecule has 0 unspecified atom stereocenters. The minimum Gasteiger partial charge on any atom is -0.444 e. The first-order valence-electron chi connectivity index (χ1n) is 13.7. The molecule has 38 heavy (non-hydrogen) atoms. The zero-order valence-electron chi connectivity index (χ0n) is 22.5. The van der Waals surface area contributed by atoms with E-state index in [9.17, 15) is 9.59 Å². The number of para-hydroxylation sites is 1. The monoisotopic (exact) mass is 520 g/mol. The van der Waals surface area contributed by atoms with Crippen LogP contribution in [0.2, 0.25) is 0 Å². The Kier molecular flexibility index (Phi) is 7.52. The van der Waals surface area contributed by atoms with Crippen molar-refractivity contribution in [2.24, 2.45) is 5.92 Å². The van der Waals surface area contributed by atoms with Gasteiger partial charge < -0.3 is 15.0 Å². The number of nitrogens with one attached hydrogen (secondary N) is 1. The first-order valence-corrected chi connectivity index (χ1v) is 13.7. The number of carbonyl (C=O) groups is 1. The number of amides is 1. The minimum absolute atomic E-state index is 0.0625. The highest BCUT2D eigenvalue weighted by molar-refractivity contribution is 5.82. The minimum atomic E-state index is -0.676. The molecular weight excluding hydrogens is 483 g/mol. The quantitative estimate of drug-likeness (QED) is 0.423. The summed E-state index contributed by atoms with van der Waals surface area (Å²) in [6, 6.07) is 11.8. The van der Waals surface area contributed by atoms with Crippen molar-refractivity contribution in [3.63, 3.8) is 0 Å². The van der Waals surface area contributed by atoms with Crippen LogP contribution < -0.4 is 10.9 Å². The molecule has 1 amide bonds. The summed E-state index contributed by atoms with van der Waals surface area (Å²) in [7, 11) is 0. The van der Waals surface area contributed by atoms with Gasteiger partial charge in [0.15, 0.2) is 0 Å². The average Bonchev–Trinajstić information content (AvgIpc) is 3.58. The molecular formula is C30H37FN4O3. The summed E-state index contributed by atoms with van der Waals surface area (Å²) in [5, 5.41) is 3.25. The number of halogens is 1. The molecule has 2 aliphatic rings. The third kappa shape index (κ3) is 5.90. The second kappa shape index (κ2) is 10.8. The van der Waals surface area contributed by atoms with Crippen molar-refractivity contribution in [3.8, 4) is 5.69 Å². The van der Waals surface area contributed by atoms with E-state index < -0.39 is 23.6 Å². The Labute approximate surface area is 223 Å². The smallest absolute Gasteiger partial charge is 0.408 e. The Bertz CT molecular complexity index is 1360. The number of ether oxygens (including phenoxy) is 1. The number of carbonyl (C=O) groups excluding carboxylic acids is 1. The Morgan fingerprint density at radius 2 is 1.84 bits per heavy atom. The molecule has 5 rings (SSSR count). The number of aromatic nitrogens is 2. The molecule has 3 aromatic rings. The second-order valence-electron chi connectivity index (χ2n) is 11.5. The summed E-state index contributed by atoms with van der Waals surface area (Å²) >= 11 is 0. The molecule has 202 valence electrons. The number of nitrogens with zero attached hydrogens (tertiary/aromatic N) is 3. The van der Waals surface area contributed by atoms with E-state index in [0.717, 1.165) is 44.5 Å². The molecule has 1 saturated carbocycles. The van der Waals surface area contributed by atoms with Crippen molar-refractivity contribution < 1.29 is 13.9 Å². The first kappa shape index (κ1) is 26.4. The Morgan fingerprint density at radius 1 is 1.13 bits per heavy atom. The highest BCUT2D eigenvalue weighted by Gasteiger charge is 2.38. The Morgan fingerprint density at radius 3 is 2.50 bits per heavy atom. The van der Waals surface area contributed by atoms with Crippen molar-refractivity contribution >= 4 is 17.0 Å². The van der Waals surface area contributed by atoms with Gasteiger partial charge in [-0.1, -0.05) is 24.3 Å². The van der Waals surface area contributed by atoms with Gasteiger partial charge in [-0.15, -0.1) is 0 Å². The molecule has 1 aromatic heterocycles. The summed E-state index contributed by atoms with van der Waals surface area (Å²) in [6.07, 6.45) is 5.18. The average molecular weight is 521 g/mol. The number of hydrogen-bond acceptors (Lipinski definition) is 5. The van der Waals surface area contributed by atoms with E-state index in [-0.39, 0.29) is 17.0 Å². The number of alkyl carbamates (subject to hydrolysis) is 1. The maximum absolute atomic E-state index is 15.3. The lowest BCUT2D eigenvalue weighted by Gasteiger charge is -2.25. The molecule has 2 heterocycles.